The zero-order chi connectivity index (χ0) is 32.7. The lowest BCUT2D eigenvalue weighted by molar-refractivity contribution is -0.0337. The lowest BCUT2D eigenvalue weighted by atomic mass is 10.0. The Hall–Kier alpha value is -4.71. The number of aromatic carboxylic acids is 1. The zero-order valence-corrected chi connectivity index (χ0v) is 26.0. The topological polar surface area (TPSA) is 143 Å². The van der Waals surface area contributed by atoms with Crippen LogP contribution in [0.5, 0.6) is 5.75 Å². The van der Waals surface area contributed by atoms with E-state index < -0.39 is 30.7 Å². The number of anilines is 1. The SMILES string of the molecule is Cc1cc(-c2cc(Cl)ccc2OCCn2c(C)nc3cnc(N4CC(OCC(F)F)C4)c(C#N)c3c2=O)c2scc(C(=O)O)c2n1. The van der Waals surface area contributed by atoms with Gasteiger partial charge in [0.2, 0.25) is 0 Å². The molecule has 0 atom stereocenters. The summed E-state index contributed by atoms with van der Waals surface area (Å²) in [5, 5.41) is 21.8. The number of rotatable bonds is 10. The van der Waals surface area contributed by atoms with Gasteiger partial charge in [-0.25, -0.2) is 23.5 Å². The molecular weight excluding hydrogens is 642 g/mol. The molecule has 6 rings (SSSR count). The summed E-state index contributed by atoms with van der Waals surface area (Å²) in [5.74, 6) is 0.0538. The summed E-state index contributed by atoms with van der Waals surface area (Å²) < 4.78 is 38.4. The summed E-state index contributed by atoms with van der Waals surface area (Å²) in [7, 11) is 0. The van der Waals surface area contributed by atoms with Crippen molar-refractivity contribution in [3.05, 3.63) is 73.9 Å². The summed E-state index contributed by atoms with van der Waals surface area (Å²) in [6.45, 7) is 3.44. The first-order valence-electron chi connectivity index (χ1n) is 14.1. The van der Waals surface area contributed by atoms with E-state index in [9.17, 15) is 28.7 Å². The maximum Gasteiger partial charge on any atom is 0.338 e. The molecule has 0 unspecified atom stereocenters. The van der Waals surface area contributed by atoms with Crippen LogP contribution in [0, 0.1) is 25.2 Å². The van der Waals surface area contributed by atoms with Crippen molar-refractivity contribution in [2.45, 2.75) is 32.9 Å². The molecule has 1 fully saturated rings. The summed E-state index contributed by atoms with van der Waals surface area (Å²) >= 11 is 7.63. The number of ether oxygens (including phenoxy) is 2. The molecule has 0 amide bonds. The Labute approximate surface area is 269 Å². The minimum atomic E-state index is -2.57. The second kappa shape index (κ2) is 12.6. The van der Waals surface area contributed by atoms with Crippen LogP contribution in [0.3, 0.4) is 0 Å². The van der Waals surface area contributed by atoms with Crippen LogP contribution in [0.2, 0.25) is 5.02 Å². The van der Waals surface area contributed by atoms with Crippen LogP contribution in [0.1, 0.15) is 27.4 Å². The number of benzene rings is 1. The number of thiophene rings is 1. The zero-order valence-electron chi connectivity index (χ0n) is 24.5. The predicted octanol–water partition coefficient (Wildman–Crippen LogP) is 5.46. The Balaban J connectivity index is 1.28. The van der Waals surface area contributed by atoms with Gasteiger partial charge in [0, 0.05) is 40.3 Å². The number of carbonyl (C=O) groups is 1. The van der Waals surface area contributed by atoms with Crippen LogP contribution in [0.4, 0.5) is 14.6 Å². The van der Waals surface area contributed by atoms with Crippen LogP contribution in [0.15, 0.2) is 40.6 Å². The van der Waals surface area contributed by atoms with Gasteiger partial charge in [-0.2, -0.15) is 5.26 Å². The number of pyridine rings is 2. The minimum absolute atomic E-state index is 0.0470. The van der Waals surface area contributed by atoms with Crippen molar-refractivity contribution in [3.63, 3.8) is 0 Å². The van der Waals surface area contributed by atoms with E-state index in [0.717, 1.165) is 0 Å². The number of nitrogens with zero attached hydrogens (tertiary/aromatic N) is 6. The fourth-order valence-corrected chi connectivity index (χ4v) is 6.60. The van der Waals surface area contributed by atoms with E-state index in [-0.39, 0.29) is 54.1 Å². The highest BCUT2D eigenvalue weighted by Gasteiger charge is 2.32. The quantitative estimate of drug-likeness (QED) is 0.204. The average molecular weight is 667 g/mol. The van der Waals surface area contributed by atoms with Gasteiger partial charge in [-0.15, -0.1) is 11.3 Å². The molecule has 0 saturated carbocycles. The number of nitriles is 1. The summed E-state index contributed by atoms with van der Waals surface area (Å²) in [6.07, 6.45) is -1.58. The first-order valence-corrected chi connectivity index (χ1v) is 15.3. The smallest absolute Gasteiger partial charge is 0.338 e. The van der Waals surface area contributed by atoms with E-state index in [2.05, 4.69) is 21.0 Å². The molecule has 4 aromatic heterocycles. The van der Waals surface area contributed by atoms with Crippen LogP contribution in [-0.2, 0) is 11.3 Å². The van der Waals surface area contributed by atoms with Crippen LogP contribution in [0.25, 0.3) is 32.2 Å². The highest BCUT2D eigenvalue weighted by atomic mass is 35.5. The molecule has 1 saturated heterocycles. The van der Waals surface area contributed by atoms with Gasteiger partial charge in [-0.3, -0.25) is 14.3 Å². The van der Waals surface area contributed by atoms with Crippen LogP contribution in [-0.4, -0.2) is 69.4 Å². The standard InChI is InChI=1S/C31H25ClF2N6O5S/c1-15-7-20(28-27(37-15)22(14-46-28)31(42)43)19-8-17(32)3-4-24(19)44-6-5-40-16(2)38-23-10-36-29(21(9-35)26(23)30(40)41)39-11-18(12-39)45-13-25(33)34/h3-4,7-8,10,14,18,25H,5-6,11-13H2,1-2H3,(H,42,43). The van der Waals surface area contributed by atoms with E-state index in [1.165, 1.54) is 22.1 Å². The molecule has 15 heteroatoms. The van der Waals surface area contributed by atoms with Gasteiger partial charge in [0.15, 0.2) is 0 Å². The van der Waals surface area contributed by atoms with Gasteiger partial charge in [-0.1, -0.05) is 11.6 Å². The Kier molecular flexibility index (Phi) is 8.56. The van der Waals surface area contributed by atoms with Gasteiger partial charge in [0.05, 0.1) is 45.5 Å². The maximum absolute atomic E-state index is 13.8. The van der Waals surface area contributed by atoms with E-state index >= 15 is 0 Å². The Morgan fingerprint density at radius 2 is 2.02 bits per heavy atom. The molecule has 1 aliphatic heterocycles. The lowest BCUT2D eigenvalue weighted by Gasteiger charge is -2.40. The molecule has 1 aliphatic rings. The largest absolute Gasteiger partial charge is 0.491 e. The fourth-order valence-electron chi connectivity index (χ4n) is 5.42. The maximum atomic E-state index is 13.8. The van der Waals surface area contributed by atoms with E-state index in [0.29, 0.717) is 43.6 Å². The molecule has 1 N–H and O–H groups in total. The van der Waals surface area contributed by atoms with Crippen molar-refractivity contribution in [3.8, 4) is 22.9 Å². The number of hydrogen-bond acceptors (Lipinski definition) is 10. The van der Waals surface area contributed by atoms with Crippen molar-refractivity contribution < 1.29 is 28.2 Å². The number of fused-ring (bicyclic) bond motifs is 2. The van der Waals surface area contributed by atoms with Crippen molar-refractivity contribution in [1.82, 2.24) is 19.5 Å². The highest BCUT2D eigenvalue weighted by Crippen LogP contribution is 2.40. The third-order valence-electron chi connectivity index (χ3n) is 7.57. The number of hydrogen-bond donors (Lipinski definition) is 1. The molecule has 5 heterocycles. The molecule has 0 radical (unpaired) electrons. The first-order chi connectivity index (χ1) is 22.0. The molecule has 1 aromatic carbocycles. The normalized spacial score (nSPS) is 13.4. The monoisotopic (exact) mass is 666 g/mol. The average Bonchev–Trinajstić information content (AvgIpc) is 3.42. The van der Waals surface area contributed by atoms with E-state index in [1.54, 1.807) is 42.3 Å². The Morgan fingerprint density at radius 1 is 1.24 bits per heavy atom. The van der Waals surface area contributed by atoms with Gasteiger partial charge >= 0.3 is 5.97 Å². The second-order valence-electron chi connectivity index (χ2n) is 10.6. The number of alkyl halides is 2. The van der Waals surface area contributed by atoms with Crippen molar-refractivity contribution >= 4 is 55.8 Å². The van der Waals surface area contributed by atoms with Gasteiger partial charge in [0.1, 0.15) is 42.2 Å². The van der Waals surface area contributed by atoms with Crippen molar-refractivity contribution in [2.75, 3.05) is 31.2 Å². The third-order valence-corrected chi connectivity index (χ3v) is 8.81. The minimum Gasteiger partial charge on any atom is -0.491 e. The molecular formula is C31H25ClF2N6O5S. The van der Waals surface area contributed by atoms with Gasteiger partial charge < -0.3 is 19.5 Å². The molecule has 0 aliphatic carbocycles. The number of aryl methyl sites for hydroxylation is 2. The molecule has 0 bridgehead atoms. The van der Waals surface area contributed by atoms with Gasteiger partial charge in [-0.05, 0) is 38.1 Å². The summed E-state index contributed by atoms with van der Waals surface area (Å²) in [4.78, 5) is 40.5. The molecule has 0 spiro atoms. The predicted molar refractivity (Wildman–Crippen MR) is 168 cm³/mol. The van der Waals surface area contributed by atoms with Crippen molar-refractivity contribution in [1.29, 1.82) is 5.26 Å². The van der Waals surface area contributed by atoms with E-state index in [1.807, 2.05) is 6.07 Å². The number of aromatic nitrogens is 4. The summed E-state index contributed by atoms with van der Waals surface area (Å²) in [6, 6.07) is 9.02. The lowest BCUT2D eigenvalue weighted by Crippen LogP contribution is -2.53. The summed E-state index contributed by atoms with van der Waals surface area (Å²) in [5.41, 5.74) is 2.32. The van der Waals surface area contributed by atoms with Gasteiger partial charge in [0.25, 0.3) is 12.0 Å². The van der Waals surface area contributed by atoms with E-state index in [4.69, 9.17) is 21.1 Å². The van der Waals surface area contributed by atoms with Crippen molar-refractivity contribution in [2.24, 2.45) is 0 Å². The fraction of sp³-hybridized carbons (Fsp3) is 0.290. The first kappa shape index (κ1) is 31.3. The third kappa shape index (κ3) is 5.84. The second-order valence-corrected chi connectivity index (χ2v) is 11.9. The number of carboxylic acid groups (broad SMARTS) is 1. The Bertz CT molecular complexity index is 2110. The Morgan fingerprint density at radius 3 is 2.74 bits per heavy atom. The molecule has 236 valence electrons. The number of halogens is 3. The van der Waals surface area contributed by atoms with Crippen LogP contribution < -0.4 is 15.2 Å². The molecule has 5 aromatic rings. The highest BCUT2D eigenvalue weighted by molar-refractivity contribution is 7.18. The molecule has 46 heavy (non-hydrogen) atoms. The van der Waals surface area contributed by atoms with Crippen LogP contribution >= 0.6 is 22.9 Å². The number of carboxylic acids is 1. The molecule has 11 nitrogen and oxygen atoms in total.